The molecule has 13 heavy (non-hydrogen) atoms. The fraction of sp³-hybridized carbons (Fsp3) is 1.00. The van der Waals surface area contributed by atoms with Crippen LogP contribution in [0.25, 0.3) is 0 Å². The molecule has 2 saturated heterocycles. The van der Waals surface area contributed by atoms with Crippen LogP contribution < -0.4 is 5.73 Å². The molecule has 3 nitrogen and oxygen atoms in total. The summed E-state index contributed by atoms with van der Waals surface area (Å²) < 4.78 is 5.74. The fourth-order valence-electron chi connectivity index (χ4n) is 4.11. The van der Waals surface area contributed by atoms with Gasteiger partial charge in [0.25, 0.3) is 0 Å². The topological polar surface area (TPSA) is 55.5 Å². The molecule has 4 fully saturated rings. The highest BCUT2D eigenvalue weighted by Gasteiger charge is 2.61. The summed E-state index contributed by atoms with van der Waals surface area (Å²) in [5.41, 5.74) is 5.95. The Hall–Kier alpha value is -0.120. The van der Waals surface area contributed by atoms with Crippen molar-refractivity contribution in [3.05, 3.63) is 0 Å². The fourth-order valence-corrected chi connectivity index (χ4v) is 4.11. The molecule has 4 bridgehead atoms. The van der Waals surface area contributed by atoms with Gasteiger partial charge in [0.05, 0.1) is 5.60 Å². The highest BCUT2D eigenvalue weighted by Crippen LogP contribution is 2.57. The zero-order chi connectivity index (χ0) is 9.32. The maximum absolute atomic E-state index is 10.1. The summed E-state index contributed by atoms with van der Waals surface area (Å²) in [7, 11) is 0. The summed E-state index contributed by atoms with van der Waals surface area (Å²) in [6.07, 6.45) is 4.50. The van der Waals surface area contributed by atoms with Gasteiger partial charge < -0.3 is 15.6 Å². The van der Waals surface area contributed by atoms with Crippen molar-refractivity contribution in [3.63, 3.8) is 0 Å². The second kappa shape index (κ2) is 1.95. The molecule has 2 saturated carbocycles. The van der Waals surface area contributed by atoms with E-state index in [2.05, 4.69) is 6.92 Å². The summed E-state index contributed by atoms with van der Waals surface area (Å²) in [5.74, 6) is -0.320. The second-order valence-electron chi connectivity index (χ2n) is 5.69. The minimum absolute atomic E-state index is 0.150. The lowest BCUT2D eigenvalue weighted by Gasteiger charge is -2.62. The Morgan fingerprint density at radius 3 is 2.62 bits per heavy atom. The first kappa shape index (κ1) is 8.21. The zero-order valence-corrected chi connectivity index (χ0v) is 8.05. The molecule has 74 valence electrons. The monoisotopic (exact) mass is 183 g/mol. The molecular weight excluding hydrogens is 166 g/mol. The highest BCUT2D eigenvalue weighted by atomic mass is 16.6. The Kier molecular flexibility index (Phi) is 1.23. The SMILES string of the molecule is C[C@@]12C[C@H]3C[C@@](N)(C1)C[C@](O)(C3)O2. The molecule has 0 radical (unpaired) electrons. The number of ether oxygens (including phenoxy) is 1. The quantitative estimate of drug-likeness (QED) is 0.583. The molecule has 3 heteroatoms. The van der Waals surface area contributed by atoms with E-state index in [1.54, 1.807) is 0 Å². The van der Waals surface area contributed by atoms with Gasteiger partial charge in [0.15, 0.2) is 5.79 Å². The van der Waals surface area contributed by atoms with E-state index in [0.29, 0.717) is 12.3 Å². The first-order valence-electron chi connectivity index (χ1n) is 5.12. The first-order valence-corrected chi connectivity index (χ1v) is 5.12. The van der Waals surface area contributed by atoms with Gasteiger partial charge in [0.1, 0.15) is 0 Å². The van der Waals surface area contributed by atoms with E-state index in [9.17, 15) is 5.11 Å². The van der Waals surface area contributed by atoms with Crippen LogP contribution in [-0.2, 0) is 4.74 Å². The van der Waals surface area contributed by atoms with Crippen molar-refractivity contribution in [1.82, 2.24) is 0 Å². The van der Waals surface area contributed by atoms with Gasteiger partial charge in [-0.25, -0.2) is 0 Å². The lowest BCUT2D eigenvalue weighted by atomic mass is 9.58. The van der Waals surface area contributed by atoms with Crippen molar-refractivity contribution in [2.75, 3.05) is 0 Å². The smallest absolute Gasteiger partial charge is 0.168 e. The molecule has 4 rings (SSSR count). The molecule has 4 aliphatic rings. The van der Waals surface area contributed by atoms with Crippen LogP contribution in [0.3, 0.4) is 0 Å². The van der Waals surface area contributed by atoms with Gasteiger partial charge in [-0.1, -0.05) is 0 Å². The molecular formula is C10H17NO2. The predicted octanol–water partition coefficient (Wildman–Crippen LogP) is 0.755. The largest absolute Gasteiger partial charge is 0.365 e. The van der Waals surface area contributed by atoms with E-state index in [1.807, 2.05) is 0 Å². The van der Waals surface area contributed by atoms with Gasteiger partial charge in [0.2, 0.25) is 0 Å². The molecule has 0 aromatic heterocycles. The van der Waals surface area contributed by atoms with Gasteiger partial charge in [-0.2, -0.15) is 0 Å². The molecule has 0 aromatic rings. The zero-order valence-electron chi connectivity index (χ0n) is 8.05. The molecule has 0 spiro atoms. The third kappa shape index (κ3) is 1.07. The summed E-state index contributed by atoms with van der Waals surface area (Å²) >= 11 is 0. The third-order valence-corrected chi connectivity index (χ3v) is 3.81. The van der Waals surface area contributed by atoms with Crippen molar-refractivity contribution in [3.8, 4) is 0 Å². The van der Waals surface area contributed by atoms with Crippen molar-refractivity contribution in [2.45, 2.75) is 56.0 Å². The van der Waals surface area contributed by atoms with Crippen LogP contribution in [0.1, 0.15) is 39.0 Å². The maximum Gasteiger partial charge on any atom is 0.168 e. The van der Waals surface area contributed by atoms with E-state index in [4.69, 9.17) is 10.5 Å². The Labute approximate surface area is 78.3 Å². The van der Waals surface area contributed by atoms with E-state index < -0.39 is 5.79 Å². The van der Waals surface area contributed by atoms with Gasteiger partial charge in [-0.05, 0) is 32.1 Å². The van der Waals surface area contributed by atoms with E-state index >= 15 is 0 Å². The van der Waals surface area contributed by atoms with E-state index in [1.165, 1.54) is 0 Å². The average molecular weight is 183 g/mol. The molecule has 2 aliphatic heterocycles. The maximum atomic E-state index is 10.1. The molecule has 2 heterocycles. The van der Waals surface area contributed by atoms with Crippen molar-refractivity contribution in [2.24, 2.45) is 11.7 Å². The van der Waals surface area contributed by atoms with Crippen molar-refractivity contribution < 1.29 is 9.84 Å². The molecule has 0 aromatic carbocycles. The predicted molar refractivity (Wildman–Crippen MR) is 47.9 cm³/mol. The average Bonchev–Trinajstić information content (AvgIpc) is 1.71. The Balaban J connectivity index is 2.03. The first-order chi connectivity index (χ1) is 5.91. The van der Waals surface area contributed by atoms with Gasteiger partial charge in [-0.3, -0.25) is 0 Å². The van der Waals surface area contributed by atoms with Crippen molar-refractivity contribution >= 4 is 0 Å². The minimum Gasteiger partial charge on any atom is -0.365 e. The van der Waals surface area contributed by atoms with Gasteiger partial charge >= 0.3 is 0 Å². The molecule has 3 N–H and O–H groups in total. The van der Waals surface area contributed by atoms with Gasteiger partial charge in [-0.15, -0.1) is 0 Å². The number of aliphatic hydroxyl groups is 1. The normalized spacial score (nSPS) is 64.4. The summed E-state index contributed by atoms with van der Waals surface area (Å²) in [6, 6.07) is 0. The van der Waals surface area contributed by atoms with Gasteiger partial charge in [0, 0.05) is 18.4 Å². The lowest BCUT2D eigenvalue weighted by molar-refractivity contribution is -0.353. The Bertz CT molecular complexity index is 215. The van der Waals surface area contributed by atoms with Crippen LogP contribution in [-0.4, -0.2) is 22.0 Å². The molecule has 0 unspecified atom stereocenters. The van der Waals surface area contributed by atoms with Crippen LogP contribution >= 0.6 is 0 Å². The van der Waals surface area contributed by atoms with Crippen LogP contribution in [0.4, 0.5) is 0 Å². The minimum atomic E-state index is -0.900. The number of rotatable bonds is 0. The number of hydrogen-bond donors (Lipinski definition) is 2. The third-order valence-electron chi connectivity index (χ3n) is 3.81. The summed E-state index contributed by atoms with van der Waals surface area (Å²) in [4.78, 5) is 0. The van der Waals surface area contributed by atoms with Crippen LogP contribution in [0.15, 0.2) is 0 Å². The second-order valence-corrected chi connectivity index (χ2v) is 5.69. The number of hydrogen-bond acceptors (Lipinski definition) is 3. The molecule has 2 aliphatic carbocycles. The van der Waals surface area contributed by atoms with Crippen LogP contribution in [0.5, 0.6) is 0 Å². The summed E-state index contributed by atoms with van der Waals surface area (Å²) in [6.45, 7) is 2.09. The highest BCUT2D eigenvalue weighted by molar-refractivity contribution is 5.11. The standard InChI is InChI=1S/C10H17NO2/c1-8-2-7-3-9(11,5-8)6-10(12,4-7)13-8/h7,12H,2-6,11H2,1H3/t7-,8+,9+,10-/m0/s1. The van der Waals surface area contributed by atoms with Crippen LogP contribution in [0.2, 0.25) is 0 Å². The van der Waals surface area contributed by atoms with Crippen molar-refractivity contribution in [1.29, 1.82) is 0 Å². The Morgan fingerprint density at radius 1 is 1.31 bits per heavy atom. The molecule has 0 amide bonds. The lowest BCUT2D eigenvalue weighted by Crippen LogP contribution is -2.69. The van der Waals surface area contributed by atoms with E-state index in [0.717, 1.165) is 25.7 Å². The summed E-state index contributed by atoms with van der Waals surface area (Å²) in [5, 5.41) is 10.1. The van der Waals surface area contributed by atoms with Crippen LogP contribution in [0, 0.1) is 5.92 Å². The van der Waals surface area contributed by atoms with E-state index in [-0.39, 0.29) is 11.1 Å². The number of nitrogens with two attached hydrogens (primary N) is 1. The Morgan fingerprint density at radius 2 is 2.08 bits per heavy atom. The molecule has 4 atom stereocenters.